The first kappa shape index (κ1) is 49.1. The molecule has 13 N–H and O–H groups in total. The molecule has 61 heavy (non-hydrogen) atoms. The number of halogens is 1. The largest absolute Gasteiger partial charge is 0.444 e. The molecule has 2 fully saturated rings. The van der Waals surface area contributed by atoms with Crippen molar-refractivity contribution in [3.63, 3.8) is 0 Å². The van der Waals surface area contributed by atoms with Crippen LogP contribution in [0.5, 0.6) is 0 Å². The lowest BCUT2D eigenvalue weighted by Crippen LogP contribution is -2.60. The maximum atomic E-state index is 14.7. The van der Waals surface area contributed by atoms with E-state index in [1.165, 1.54) is 11.6 Å². The Labute approximate surface area is 348 Å². The second-order valence-corrected chi connectivity index (χ2v) is 18.1. The Morgan fingerprint density at radius 3 is 2.13 bits per heavy atom. The summed E-state index contributed by atoms with van der Waals surface area (Å²) in [7, 11) is -5.58. The van der Waals surface area contributed by atoms with E-state index >= 15 is 0 Å². The average Bonchev–Trinajstić information content (AvgIpc) is 3.43. The molecule has 342 valence electrons. The summed E-state index contributed by atoms with van der Waals surface area (Å²) in [6, 6.07) is -2.50. The first-order valence-electron chi connectivity index (χ1n) is 19.0. The summed E-state index contributed by atoms with van der Waals surface area (Å²) in [6.07, 6.45) is -1.62. The molecule has 5 unspecified atom stereocenters. The molecule has 25 heteroatoms. The van der Waals surface area contributed by atoms with Crippen molar-refractivity contribution in [2.75, 3.05) is 6.54 Å². The van der Waals surface area contributed by atoms with E-state index in [9.17, 15) is 77.6 Å². The maximum absolute atomic E-state index is 14.7. The monoisotopic (exact) mass is 892 g/mol. The molecular formula is C36H53FN6O17S. The lowest BCUT2D eigenvalue weighted by Gasteiger charge is -2.34. The number of carbonyl (C=O) groups excluding carboxylic acids is 5. The third-order valence-electron chi connectivity index (χ3n) is 10.6. The molecule has 1 saturated heterocycles. The number of ether oxygens (including phenoxy) is 2. The summed E-state index contributed by atoms with van der Waals surface area (Å²) in [6.45, 7) is 10.7. The van der Waals surface area contributed by atoms with E-state index in [1.807, 2.05) is 6.92 Å². The molecule has 0 aromatic heterocycles. The standard InChI is InChI=1S/C36H53FN6O17S/c1-7-9-10-11-15-22(39-29(47)60-31(4,5)6)28(46)42-17-19(59-30(48)43-32(49,50)20-13-12-14-21(37)24(20)33(43,51)52)16-23(42)26(44)40-25(18(3)8-2)27(45)41-61(57,58)34(38)35(53,54)36(34,55)56/h8,12-14,18-19,22-23,25,49-56H,2,7,9-11,15-17,38H2,1,3-6H3,(H,39,47)(H,40,44)(H,41,45). The number of fused-ring (bicyclic) bond motifs is 1. The fourth-order valence-corrected chi connectivity index (χ4v) is 8.60. The quantitative estimate of drug-likeness (QED) is 0.0477. The van der Waals surface area contributed by atoms with E-state index in [4.69, 9.17) is 15.2 Å². The molecule has 0 bridgehead atoms. The van der Waals surface area contributed by atoms with E-state index in [0.29, 0.717) is 12.8 Å². The molecule has 0 spiro atoms. The van der Waals surface area contributed by atoms with Crippen LogP contribution in [0.2, 0.25) is 0 Å². The summed E-state index contributed by atoms with van der Waals surface area (Å²) >= 11 is 0. The van der Waals surface area contributed by atoms with Crippen LogP contribution < -0.4 is 21.1 Å². The zero-order valence-corrected chi connectivity index (χ0v) is 34.7. The van der Waals surface area contributed by atoms with Gasteiger partial charge in [-0.2, -0.15) is 4.90 Å². The number of hydrogen-bond acceptors (Lipinski definition) is 18. The third kappa shape index (κ3) is 8.89. The number of sulfonamides is 1. The van der Waals surface area contributed by atoms with Crippen LogP contribution in [0.15, 0.2) is 30.9 Å². The van der Waals surface area contributed by atoms with Crippen LogP contribution in [0.4, 0.5) is 14.0 Å². The van der Waals surface area contributed by atoms with Crippen molar-refractivity contribution >= 4 is 39.9 Å². The predicted octanol–water partition coefficient (Wildman–Crippen LogP) is -2.92. The number of aliphatic hydroxyl groups is 8. The lowest BCUT2D eigenvalue weighted by atomic mass is 10.0. The average molecular weight is 893 g/mol. The number of nitrogens with zero attached hydrogens (tertiary/aromatic N) is 2. The number of rotatable bonds is 15. The Hall–Kier alpha value is -4.57. The number of amides is 5. The predicted molar refractivity (Wildman–Crippen MR) is 202 cm³/mol. The molecule has 1 aromatic carbocycles. The fourth-order valence-electron chi connectivity index (χ4n) is 7.07. The zero-order valence-electron chi connectivity index (χ0n) is 33.9. The molecule has 2 heterocycles. The van der Waals surface area contributed by atoms with Crippen molar-refractivity contribution in [3.05, 3.63) is 47.8 Å². The number of nitrogens with two attached hydrogens (primary N) is 1. The van der Waals surface area contributed by atoms with Gasteiger partial charge in [0.15, 0.2) is 0 Å². The zero-order chi connectivity index (χ0) is 46.5. The van der Waals surface area contributed by atoms with Gasteiger partial charge in [0, 0.05) is 17.9 Å². The van der Waals surface area contributed by atoms with Gasteiger partial charge in [0.05, 0.1) is 12.1 Å². The van der Waals surface area contributed by atoms with Gasteiger partial charge in [-0.3, -0.25) is 14.4 Å². The number of benzene rings is 1. The van der Waals surface area contributed by atoms with E-state index in [-0.39, 0.29) is 6.42 Å². The van der Waals surface area contributed by atoms with Crippen LogP contribution in [0.3, 0.4) is 0 Å². The Morgan fingerprint density at radius 1 is 1.00 bits per heavy atom. The van der Waals surface area contributed by atoms with Crippen molar-refractivity contribution in [1.82, 2.24) is 25.2 Å². The van der Waals surface area contributed by atoms with Crippen LogP contribution in [-0.2, 0) is 45.7 Å². The first-order chi connectivity index (χ1) is 27.8. The molecule has 1 aromatic rings. The number of alkyl carbamates (subject to hydrolysis) is 1. The van der Waals surface area contributed by atoms with E-state index in [1.54, 1.807) is 20.8 Å². The second-order valence-electron chi connectivity index (χ2n) is 16.2. The number of nitrogens with one attached hydrogen (secondary N) is 3. The molecule has 23 nitrogen and oxygen atoms in total. The Kier molecular flexibility index (Phi) is 13.6. The Morgan fingerprint density at radius 2 is 1.61 bits per heavy atom. The van der Waals surface area contributed by atoms with Gasteiger partial charge in [-0.1, -0.05) is 57.7 Å². The van der Waals surface area contributed by atoms with Gasteiger partial charge in [0.2, 0.25) is 11.8 Å². The lowest BCUT2D eigenvalue weighted by molar-refractivity contribution is -0.362. The van der Waals surface area contributed by atoms with Gasteiger partial charge in [-0.05, 0) is 33.3 Å². The van der Waals surface area contributed by atoms with Gasteiger partial charge in [-0.15, -0.1) is 6.58 Å². The Balaban J connectivity index is 1.69. The first-order valence-corrected chi connectivity index (χ1v) is 20.5. The SMILES string of the molecule is C=CC(C)C(NC(=O)C1CC(OC(=O)N2C(O)(O)c3cccc(F)c3C2(O)O)CN1C(=O)C(CCCCCC)NC(=O)OC(C)(C)C)C(=O)NS(=O)(=O)C1(N)C(O)(O)C1(O)O. The smallest absolute Gasteiger partial charge is 0.419 e. The van der Waals surface area contributed by atoms with Gasteiger partial charge < -0.3 is 71.6 Å². The summed E-state index contributed by atoms with van der Waals surface area (Å²) < 4.78 is 52.8. The van der Waals surface area contributed by atoms with Crippen LogP contribution >= 0.6 is 0 Å². The molecule has 3 aliphatic rings. The van der Waals surface area contributed by atoms with Crippen molar-refractivity contribution in [2.24, 2.45) is 11.7 Å². The summed E-state index contributed by atoms with van der Waals surface area (Å²) in [4.78, 5) is 65.2. The molecule has 0 radical (unpaired) electrons. The summed E-state index contributed by atoms with van der Waals surface area (Å²) in [5.41, 5.74) is 2.42. The van der Waals surface area contributed by atoms with Crippen molar-refractivity contribution in [3.8, 4) is 0 Å². The number of carbonyl (C=O) groups is 5. The van der Waals surface area contributed by atoms with Crippen molar-refractivity contribution in [1.29, 1.82) is 0 Å². The molecule has 1 aliphatic carbocycles. The number of likely N-dealkylation sites (tertiary alicyclic amines) is 1. The van der Waals surface area contributed by atoms with Gasteiger partial charge in [-0.25, -0.2) is 27.1 Å². The van der Waals surface area contributed by atoms with Crippen LogP contribution in [0.1, 0.15) is 84.3 Å². The normalized spacial score (nSPS) is 23.1. The maximum Gasteiger partial charge on any atom is 0.419 e. The van der Waals surface area contributed by atoms with Crippen LogP contribution in [0, 0.1) is 11.7 Å². The highest BCUT2D eigenvalue weighted by Gasteiger charge is 2.94. The van der Waals surface area contributed by atoms with Crippen molar-refractivity contribution < 1.29 is 87.1 Å². The minimum Gasteiger partial charge on any atom is -0.444 e. The van der Waals surface area contributed by atoms with Gasteiger partial charge >= 0.3 is 12.2 Å². The number of hydrogen-bond donors (Lipinski definition) is 12. The highest BCUT2D eigenvalue weighted by molar-refractivity contribution is 7.92. The molecule has 1 saturated carbocycles. The molecule has 5 amide bonds. The van der Waals surface area contributed by atoms with Crippen LogP contribution in [-0.4, -0.2) is 142 Å². The highest BCUT2D eigenvalue weighted by Crippen LogP contribution is 2.55. The third-order valence-corrected chi connectivity index (χ3v) is 12.5. The number of unbranched alkanes of at least 4 members (excludes halogenated alkanes) is 3. The minimum atomic E-state index is -5.58. The minimum absolute atomic E-state index is 0.00824. The van der Waals surface area contributed by atoms with E-state index < -0.39 is 139 Å². The summed E-state index contributed by atoms with van der Waals surface area (Å²) in [5.74, 6) is -21.3. The molecule has 5 atom stereocenters. The molecule has 4 rings (SSSR count). The van der Waals surface area contributed by atoms with Crippen LogP contribution in [0.25, 0.3) is 0 Å². The Bertz CT molecular complexity index is 2010. The molecule has 2 aliphatic heterocycles. The highest BCUT2D eigenvalue weighted by atomic mass is 32.2. The topological polar surface area (TPSA) is 368 Å². The van der Waals surface area contributed by atoms with Gasteiger partial charge in [0.25, 0.3) is 44.2 Å². The fraction of sp³-hybridized carbons (Fsp3) is 0.639. The van der Waals surface area contributed by atoms with E-state index in [0.717, 1.165) is 42.0 Å². The van der Waals surface area contributed by atoms with Crippen molar-refractivity contribution in [2.45, 2.75) is 131 Å². The van der Waals surface area contributed by atoms with Gasteiger partial charge in [0.1, 0.15) is 35.6 Å². The second kappa shape index (κ2) is 16.9. The molecular weight excluding hydrogens is 839 g/mol. The summed E-state index contributed by atoms with van der Waals surface area (Å²) in [5, 5.41) is 87.3. The van der Waals surface area contributed by atoms with E-state index in [2.05, 4.69) is 17.2 Å².